The van der Waals surface area contributed by atoms with E-state index in [1.165, 1.54) is 18.4 Å². The van der Waals surface area contributed by atoms with Gasteiger partial charge < -0.3 is 20.1 Å². The number of likely N-dealkylation sites (tertiary alicyclic amines) is 1. The van der Waals surface area contributed by atoms with Crippen LogP contribution in [0.4, 0.5) is 0 Å². The Morgan fingerprint density at radius 1 is 1.00 bits per heavy atom. The highest BCUT2D eigenvalue weighted by Gasteiger charge is 2.47. The number of hydrogen-bond acceptors (Lipinski definition) is 3. The van der Waals surface area contributed by atoms with Gasteiger partial charge >= 0.3 is 0 Å². The zero-order valence-electron chi connectivity index (χ0n) is 24.3. The summed E-state index contributed by atoms with van der Waals surface area (Å²) in [5, 5.41) is 4.29. The highest BCUT2D eigenvalue weighted by molar-refractivity contribution is 6.04. The Bertz CT molecular complexity index is 1550. The molecule has 6 rings (SSSR count). The number of aryl methyl sites for hydroxylation is 1. The van der Waals surface area contributed by atoms with Crippen molar-refractivity contribution in [3.8, 4) is 11.3 Å². The van der Waals surface area contributed by atoms with Crippen molar-refractivity contribution in [1.29, 1.82) is 0 Å². The second kappa shape index (κ2) is 11.5. The molecule has 0 spiro atoms. The van der Waals surface area contributed by atoms with Crippen molar-refractivity contribution in [2.75, 3.05) is 26.2 Å². The predicted octanol–water partition coefficient (Wildman–Crippen LogP) is 6.32. The smallest absolute Gasteiger partial charge is 0.255 e. The number of carbonyl (C=O) groups excluding carboxylic acids is 2. The fraction of sp³-hybridized carbons (Fsp3) is 0.371. The topological polar surface area (TPSA) is 68.4 Å². The van der Waals surface area contributed by atoms with Gasteiger partial charge in [-0.1, -0.05) is 86.5 Å². The molecule has 6 heteroatoms. The first-order valence-electron chi connectivity index (χ1n) is 15.1. The first kappa shape index (κ1) is 27.3. The molecular formula is C35H40N4O2. The Morgan fingerprint density at radius 3 is 2.46 bits per heavy atom. The molecule has 3 unspecified atom stereocenters. The summed E-state index contributed by atoms with van der Waals surface area (Å²) < 4.78 is 0. The van der Waals surface area contributed by atoms with Crippen LogP contribution in [0.3, 0.4) is 0 Å². The van der Waals surface area contributed by atoms with Gasteiger partial charge in [0.15, 0.2) is 0 Å². The summed E-state index contributed by atoms with van der Waals surface area (Å²) in [4.78, 5) is 36.3. The minimum absolute atomic E-state index is 0.0180. The molecule has 2 aliphatic heterocycles. The number of aromatic amines is 1. The van der Waals surface area contributed by atoms with Gasteiger partial charge in [-0.2, -0.15) is 0 Å². The van der Waals surface area contributed by atoms with Gasteiger partial charge in [-0.15, -0.1) is 0 Å². The quantitative estimate of drug-likeness (QED) is 0.257. The summed E-state index contributed by atoms with van der Waals surface area (Å²) in [7, 11) is 0. The number of rotatable bonds is 9. The molecule has 6 nitrogen and oxygen atoms in total. The van der Waals surface area contributed by atoms with Crippen LogP contribution in [0, 0.1) is 12.8 Å². The molecule has 0 radical (unpaired) electrons. The zero-order chi connectivity index (χ0) is 28.5. The summed E-state index contributed by atoms with van der Waals surface area (Å²) >= 11 is 0. The lowest BCUT2D eigenvalue weighted by Crippen LogP contribution is -2.52. The second-order valence-electron chi connectivity index (χ2n) is 11.7. The first-order chi connectivity index (χ1) is 20.0. The van der Waals surface area contributed by atoms with Crippen LogP contribution in [0.1, 0.15) is 66.2 Å². The number of para-hydroxylation sites is 1. The number of amides is 2. The van der Waals surface area contributed by atoms with Crippen molar-refractivity contribution in [2.24, 2.45) is 5.92 Å². The molecule has 0 bridgehead atoms. The van der Waals surface area contributed by atoms with E-state index < -0.39 is 12.1 Å². The van der Waals surface area contributed by atoms with Crippen molar-refractivity contribution >= 4 is 22.7 Å². The molecule has 212 valence electrons. The van der Waals surface area contributed by atoms with Gasteiger partial charge in [-0.05, 0) is 62.0 Å². The Hall–Kier alpha value is -3.90. The molecule has 1 saturated heterocycles. The minimum atomic E-state index is -0.594. The van der Waals surface area contributed by atoms with Gasteiger partial charge in [-0.3, -0.25) is 9.59 Å². The van der Waals surface area contributed by atoms with Gasteiger partial charge in [-0.25, -0.2) is 0 Å². The third kappa shape index (κ3) is 5.06. The minimum Gasteiger partial charge on any atom is -0.354 e. The van der Waals surface area contributed by atoms with Crippen molar-refractivity contribution < 1.29 is 9.59 Å². The molecule has 2 N–H and O–H groups in total. The van der Waals surface area contributed by atoms with Gasteiger partial charge in [0.05, 0.1) is 11.7 Å². The lowest BCUT2D eigenvalue weighted by atomic mass is 9.90. The summed E-state index contributed by atoms with van der Waals surface area (Å²) in [6, 6.07) is 23.7. The Balaban J connectivity index is 1.47. The maximum atomic E-state index is 14.3. The van der Waals surface area contributed by atoms with E-state index in [2.05, 4.69) is 78.4 Å². The summed E-state index contributed by atoms with van der Waals surface area (Å²) in [6.07, 6.45) is 3.23. The maximum Gasteiger partial charge on any atom is 0.255 e. The number of benzene rings is 3. The van der Waals surface area contributed by atoms with Crippen LogP contribution in [0.2, 0.25) is 0 Å². The van der Waals surface area contributed by atoms with E-state index in [-0.39, 0.29) is 17.7 Å². The summed E-state index contributed by atoms with van der Waals surface area (Å²) in [5.41, 5.74) is 6.93. The highest BCUT2D eigenvalue weighted by Crippen LogP contribution is 2.47. The lowest BCUT2D eigenvalue weighted by Gasteiger charge is -2.36. The van der Waals surface area contributed by atoms with Crippen molar-refractivity contribution in [3.63, 3.8) is 0 Å². The maximum absolute atomic E-state index is 14.3. The molecule has 41 heavy (non-hydrogen) atoms. The SMILES string of the molecule is CCC(C)C(C(=O)NCCN1CCCC1)N1C(=O)c2ccccc2C1c1c(-c2ccc(C)cc2)[nH]c2ccccc12. The molecule has 3 aromatic carbocycles. The molecule has 1 aromatic heterocycles. The number of hydrogen-bond donors (Lipinski definition) is 2. The molecule has 2 aliphatic rings. The van der Waals surface area contributed by atoms with E-state index >= 15 is 0 Å². The predicted molar refractivity (Wildman–Crippen MR) is 165 cm³/mol. The Labute approximate surface area is 242 Å². The fourth-order valence-electron chi connectivity index (χ4n) is 6.64. The van der Waals surface area contributed by atoms with Crippen molar-refractivity contribution in [3.05, 3.63) is 95.1 Å². The summed E-state index contributed by atoms with van der Waals surface area (Å²) in [5.74, 6) is -0.164. The lowest BCUT2D eigenvalue weighted by molar-refractivity contribution is -0.127. The third-order valence-electron chi connectivity index (χ3n) is 9.04. The average molecular weight is 549 g/mol. The van der Waals surface area contributed by atoms with Gasteiger partial charge in [0.25, 0.3) is 5.91 Å². The van der Waals surface area contributed by atoms with Crippen LogP contribution in [0.5, 0.6) is 0 Å². The highest BCUT2D eigenvalue weighted by atomic mass is 16.2. The van der Waals surface area contributed by atoms with Crippen LogP contribution >= 0.6 is 0 Å². The number of H-pyrrole nitrogens is 1. The molecular weight excluding hydrogens is 508 g/mol. The van der Waals surface area contributed by atoms with E-state index in [1.54, 1.807) is 0 Å². The fourth-order valence-corrected chi connectivity index (χ4v) is 6.64. The standard InChI is InChI=1S/C35H40N4O2/c1-4-24(3)32(34(40)36-19-22-38-20-9-10-21-38)39-33(26-11-5-6-12-27(26)35(39)41)30-28-13-7-8-14-29(28)37-31(30)25-17-15-23(2)16-18-25/h5-8,11-18,24,32-33,37H,4,9-10,19-22H2,1-3H3,(H,36,40). The largest absolute Gasteiger partial charge is 0.354 e. The molecule has 1 fully saturated rings. The van der Waals surface area contributed by atoms with Gasteiger partial charge in [0.1, 0.15) is 6.04 Å². The molecule has 3 atom stereocenters. The van der Waals surface area contributed by atoms with E-state index in [1.807, 2.05) is 35.2 Å². The average Bonchev–Trinajstić information content (AvgIpc) is 3.71. The van der Waals surface area contributed by atoms with Crippen LogP contribution < -0.4 is 5.32 Å². The summed E-state index contributed by atoms with van der Waals surface area (Å²) in [6.45, 7) is 9.89. The first-order valence-corrected chi connectivity index (χ1v) is 15.1. The van der Waals surface area contributed by atoms with Crippen LogP contribution in [-0.4, -0.2) is 58.8 Å². The van der Waals surface area contributed by atoms with Crippen molar-refractivity contribution in [1.82, 2.24) is 20.1 Å². The molecule has 0 saturated carbocycles. The number of aromatic nitrogens is 1. The number of nitrogens with one attached hydrogen (secondary N) is 2. The number of carbonyl (C=O) groups is 2. The van der Waals surface area contributed by atoms with Crippen LogP contribution in [-0.2, 0) is 4.79 Å². The molecule has 0 aliphatic carbocycles. The molecule has 4 aromatic rings. The zero-order valence-corrected chi connectivity index (χ0v) is 24.3. The van der Waals surface area contributed by atoms with E-state index in [0.717, 1.165) is 59.3 Å². The number of fused-ring (bicyclic) bond motifs is 2. The van der Waals surface area contributed by atoms with Gasteiger partial charge in [0, 0.05) is 35.1 Å². The van der Waals surface area contributed by atoms with Crippen LogP contribution in [0.15, 0.2) is 72.8 Å². The van der Waals surface area contributed by atoms with Crippen molar-refractivity contribution in [2.45, 2.75) is 52.1 Å². The van der Waals surface area contributed by atoms with E-state index in [4.69, 9.17) is 0 Å². The normalized spacial score (nSPS) is 18.6. The Kier molecular flexibility index (Phi) is 7.67. The van der Waals surface area contributed by atoms with E-state index in [0.29, 0.717) is 12.1 Å². The van der Waals surface area contributed by atoms with Crippen LogP contribution in [0.25, 0.3) is 22.2 Å². The molecule has 2 amide bonds. The number of nitrogens with zero attached hydrogens (tertiary/aromatic N) is 2. The van der Waals surface area contributed by atoms with Gasteiger partial charge in [0.2, 0.25) is 5.91 Å². The second-order valence-corrected chi connectivity index (χ2v) is 11.7. The third-order valence-corrected chi connectivity index (χ3v) is 9.04. The van der Waals surface area contributed by atoms with E-state index in [9.17, 15) is 9.59 Å². The monoisotopic (exact) mass is 548 g/mol. The Morgan fingerprint density at radius 2 is 1.71 bits per heavy atom. The molecule has 3 heterocycles.